The summed E-state index contributed by atoms with van der Waals surface area (Å²) in [5.41, 5.74) is 4.03. The molecule has 0 saturated heterocycles. The van der Waals surface area contributed by atoms with E-state index < -0.39 is 0 Å². The van der Waals surface area contributed by atoms with E-state index in [0.717, 1.165) is 22.8 Å². The van der Waals surface area contributed by atoms with Gasteiger partial charge in [0.1, 0.15) is 6.07 Å². The highest BCUT2D eigenvalue weighted by atomic mass is 127. The molecule has 0 aliphatic heterocycles. The van der Waals surface area contributed by atoms with Gasteiger partial charge in [-0.1, -0.05) is 0 Å². The molecule has 18 heavy (non-hydrogen) atoms. The zero-order valence-corrected chi connectivity index (χ0v) is 12.3. The molecule has 1 aromatic carbocycles. The highest BCUT2D eigenvalue weighted by Crippen LogP contribution is 2.23. The first-order chi connectivity index (χ1) is 8.60. The van der Waals surface area contributed by atoms with Crippen LogP contribution in [0.5, 0.6) is 0 Å². The lowest BCUT2D eigenvalue weighted by molar-refractivity contribution is 1.11. The molecule has 1 heterocycles. The van der Waals surface area contributed by atoms with E-state index in [-0.39, 0.29) is 0 Å². The molecule has 1 N–H and O–H groups in total. The van der Waals surface area contributed by atoms with E-state index in [9.17, 15) is 5.26 Å². The Morgan fingerprint density at radius 1 is 1.22 bits per heavy atom. The monoisotopic (exact) mass is 349 g/mol. The Labute approximate surface area is 120 Å². The van der Waals surface area contributed by atoms with Gasteiger partial charge < -0.3 is 5.32 Å². The van der Waals surface area contributed by atoms with Crippen LogP contribution in [0.4, 0.5) is 11.4 Å². The topological polar surface area (TPSA) is 48.7 Å². The highest BCUT2D eigenvalue weighted by Gasteiger charge is 2.08. The first kappa shape index (κ1) is 12.8. The fourth-order valence-corrected chi connectivity index (χ4v) is 2.12. The molecule has 2 rings (SSSR count). The van der Waals surface area contributed by atoms with Crippen LogP contribution in [0.1, 0.15) is 17.0 Å². The van der Waals surface area contributed by atoms with Crippen molar-refractivity contribution < 1.29 is 0 Å². The molecule has 0 radical (unpaired) electrons. The van der Waals surface area contributed by atoms with Crippen LogP contribution in [0.25, 0.3) is 0 Å². The number of anilines is 2. The minimum Gasteiger partial charge on any atom is -0.354 e. The second kappa shape index (κ2) is 5.36. The number of aromatic nitrogens is 1. The summed E-state index contributed by atoms with van der Waals surface area (Å²) in [5.74, 6) is 0. The molecule has 90 valence electrons. The Hall–Kier alpha value is -1.61. The number of benzene rings is 1. The summed E-state index contributed by atoms with van der Waals surface area (Å²) in [4.78, 5) is 4.30. The molecule has 0 amide bonds. The molecule has 0 fully saturated rings. The number of rotatable bonds is 2. The number of hydrogen-bond donors (Lipinski definition) is 1. The number of nitriles is 1. The number of aryl methyl sites for hydroxylation is 2. The Kier molecular flexibility index (Phi) is 3.82. The second-order valence-corrected chi connectivity index (χ2v) is 5.26. The van der Waals surface area contributed by atoms with Crippen molar-refractivity contribution in [3.8, 4) is 6.07 Å². The minimum absolute atomic E-state index is 0.596. The summed E-state index contributed by atoms with van der Waals surface area (Å²) in [7, 11) is 0. The van der Waals surface area contributed by atoms with Crippen LogP contribution in [-0.2, 0) is 0 Å². The van der Waals surface area contributed by atoms with E-state index in [4.69, 9.17) is 0 Å². The molecule has 2 aromatic rings. The fraction of sp³-hybridized carbons (Fsp3) is 0.143. The van der Waals surface area contributed by atoms with E-state index in [1.54, 1.807) is 0 Å². The van der Waals surface area contributed by atoms with Gasteiger partial charge in [-0.25, -0.2) is 0 Å². The predicted molar refractivity (Wildman–Crippen MR) is 80.9 cm³/mol. The summed E-state index contributed by atoms with van der Waals surface area (Å²) >= 11 is 2.26. The van der Waals surface area contributed by atoms with Gasteiger partial charge in [0, 0.05) is 15.0 Å². The zero-order valence-electron chi connectivity index (χ0n) is 10.2. The number of nitrogens with zero attached hydrogens (tertiary/aromatic N) is 2. The predicted octanol–water partition coefficient (Wildman–Crippen LogP) is 3.92. The molecule has 0 atom stereocenters. The third kappa shape index (κ3) is 2.79. The molecule has 0 unspecified atom stereocenters. The van der Waals surface area contributed by atoms with Crippen molar-refractivity contribution in [1.29, 1.82) is 5.26 Å². The van der Waals surface area contributed by atoms with Gasteiger partial charge in [0.05, 0.1) is 16.9 Å². The summed E-state index contributed by atoms with van der Waals surface area (Å²) in [5, 5.41) is 12.4. The Morgan fingerprint density at radius 2 is 1.89 bits per heavy atom. The van der Waals surface area contributed by atoms with Crippen molar-refractivity contribution in [1.82, 2.24) is 4.98 Å². The standard InChI is InChI=1S/C14H12IN3/c1-9-7-14(13(8-16)10(2)17-9)18-12-5-3-11(15)4-6-12/h3-7H,1-2H3,(H,17,18). The van der Waals surface area contributed by atoms with Crippen molar-refractivity contribution in [3.05, 3.63) is 50.9 Å². The maximum atomic E-state index is 9.18. The number of hydrogen-bond acceptors (Lipinski definition) is 3. The summed E-state index contributed by atoms with van der Waals surface area (Å²) in [6, 6.07) is 12.1. The molecule has 4 heteroatoms. The van der Waals surface area contributed by atoms with Gasteiger partial charge in [-0.3, -0.25) is 4.98 Å². The highest BCUT2D eigenvalue weighted by molar-refractivity contribution is 14.1. The van der Waals surface area contributed by atoms with Crippen molar-refractivity contribution in [3.63, 3.8) is 0 Å². The van der Waals surface area contributed by atoms with Crippen molar-refractivity contribution in [2.45, 2.75) is 13.8 Å². The van der Waals surface area contributed by atoms with Crippen LogP contribution in [-0.4, -0.2) is 4.98 Å². The van der Waals surface area contributed by atoms with Crippen molar-refractivity contribution >= 4 is 34.0 Å². The molecule has 0 spiro atoms. The minimum atomic E-state index is 0.596. The Morgan fingerprint density at radius 3 is 2.50 bits per heavy atom. The van der Waals surface area contributed by atoms with Crippen molar-refractivity contribution in [2.24, 2.45) is 0 Å². The maximum Gasteiger partial charge on any atom is 0.103 e. The SMILES string of the molecule is Cc1cc(Nc2ccc(I)cc2)c(C#N)c(C)n1. The normalized spacial score (nSPS) is 9.89. The number of halogens is 1. The van der Waals surface area contributed by atoms with Crippen molar-refractivity contribution in [2.75, 3.05) is 5.32 Å². The smallest absolute Gasteiger partial charge is 0.103 e. The summed E-state index contributed by atoms with van der Waals surface area (Å²) in [6.07, 6.45) is 0. The van der Waals surface area contributed by atoms with Crippen LogP contribution in [0, 0.1) is 28.7 Å². The maximum absolute atomic E-state index is 9.18. The number of nitrogens with one attached hydrogen (secondary N) is 1. The van der Waals surface area contributed by atoms with E-state index >= 15 is 0 Å². The van der Waals surface area contributed by atoms with Crippen LogP contribution in [0.2, 0.25) is 0 Å². The largest absolute Gasteiger partial charge is 0.354 e. The summed E-state index contributed by atoms with van der Waals surface area (Å²) < 4.78 is 1.18. The van der Waals surface area contributed by atoms with E-state index in [1.165, 1.54) is 3.57 Å². The van der Waals surface area contributed by atoms with Gasteiger partial charge in [0.25, 0.3) is 0 Å². The average molecular weight is 349 g/mol. The molecule has 0 saturated carbocycles. The van der Waals surface area contributed by atoms with E-state index in [0.29, 0.717) is 5.56 Å². The fourth-order valence-electron chi connectivity index (χ4n) is 1.76. The lowest BCUT2D eigenvalue weighted by Gasteiger charge is -2.10. The first-order valence-corrected chi connectivity index (χ1v) is 6.59. The van der Waals surface area contributed by atoms with Crippen LogP contribution >= 0.6 is 22.6 Å². The van der Waals surface area contributed by atoms with Gasteiger partial charge in [-0.05, 0) is 66.8 Å². The lowest BCUT2D eigenvalue weighted by atomic mass is 10.1. The van der Waals surface area contributed by atoms with Gasteiger partial charge >= 0.3 is 0 Å². The second-order valence-electron chi connectivity index (χ2n) is 4.02. The average Bonchev–Trinajstić information content (AvgIpc) is 2.32. The molecule has 1 aromatic heterocycles. The molecule has 0 aliphatic rings. The van der Waals surface area contributed by atoms with Crippen LogP contribution < -0.4 is 5.32 Å². The molecule has 0 aliphatic carbocycles. The van der Waals surface area contributed by atoms with Gasteiger partial charge in [-0.15, -0.1) is 0 Å². The molecular formula is C14H12IN3. The number of pyridine rings is 1. The first-order valence-electron chi connectivity index (χ1n) is 5.51. The quantitative estimate of drug-likeness (QED) is 0.836. The Bertz CT molecular complexity index is 612. The van der Waals surface area contributed by atoms with E-state index in [1.807, 2.05) is 44.2 Å². The lowest BCUT2D eigenvalue weighted by Crippen LogP contribution is -1.99. The summed E-state index contributed by atoms with van der Waals surface area (Å²) in [6.45, 7) is 3.78. The van der Waals surface area contributed by atoms with Gasteiger partial charge in [0.15, 0.2) is 0 Å². The third-order valence-electron chi connectivity index (χ3n) is 2.56. The van der Waals surface area contributed by atoms with E-state index in [2.05, 4.69) is 39.0 Å². The van der Waals surface area contributed by atoms with Gasteiger partial charge in [-0.2, -0.15) is 5.26 Å². The zero-order chi connectivity index (χ0) is 13.1. The van der Waals surface area contributed by atoms with Gasteiger partial charge in [0.2, 0.25) is 0 Å². The molecule has 3 nitrogen and oxygen atoms in total. The molecular weight excluding hydrogens is 337 g/mol. The van der Waals surface area contributed by atoms with Crippen LogP contribution in [0.3, 0.4) is 0 Å². The third-order valence-corrected chi connectivity index (χ3v) is 3.28. The molecule has 0 bridgehead atoms. The van der Waals surface area contributed by atoms with Crippen LogP contribution in [0.15, 0.2) is 30.3 Å². The Balaban J connectivity index is 2.40.